The normalized spacial score (nSPS) is 14.1. The number of nitrogens with one attached hydrogen (secondary N) is 1. The summed E-state index contributed by atoms with van der Waals surface area (Å²) >= 11 is 9.60. The Labute approximate surface area is 278 Å². The number of carbonyl (C=O) groups excluding carboxylic acids is 2. The fourth-order valence-electron chi connectivity index (χ4n) is 5.59. The number of halogens is 2. The topological polar surface area (TPSA) is 86.8 Å². The van der Waals surface area contributed by atoms with Gasteiger partial charge in [0.15, 0.2) is 0 Å². The van der Waals surface area contributed by atoms with Crippen LogP contribution in [0.15, 0.2) is 119 Å². The maximum atomic E-state index is 14.5. The molecule has 10 heteroatoms. The summed E-state index contributed by atoms with van der Waals surface area (Å²) in [4.78, 5) is 30.1. The minimum atomic E-state index is -4.15. The predicted molar refractivity (Wildman–Crippen MR) is 181 cm³/mol. The van der Waals surface area contributed by atoms with Crippen molar-refractivity contribution in [3.63, 3.8) is 0 Å². The molecule has 0 aromatic heterocycles. The zero-order valence-corrected chi connectivity index (χ0v) is 27.8. The predicted octanol–water partition coefficient (Wildman–Crippen LogP) is 7.00. The Kier molecular flexibility index (Phi) is 11.0. The van der Waals surface area contributed by atoms with Gasteiger partial charge < -0.3 is 10.2 Å². The molecule has 0 saturated heterocycles. The largest absolute Gasteiger partial charge is 0.352 e. The van der Waals surface area contributed by atoms with Crippen LogP contribution >= 0.6 is 27.5 Å². The third kappa shape index (κ3) is 8.54. The van der Waals surface area contributed by atoms with Crippen LogP contribution in [0, 0.1) is 0 Å². The minimum Gasteiger partial charge on any atom is -0.352 e. The van der Waals surface area contributed by atoms with Crippen molar-refractivity contribution in [3.8, 4) is 0 Å². The van der Waals surface area contributed by atoms with Crippen LogP contribution in [0.4, 0.5) is 5.69 Å². The molecule has 0 aliphatic heterocycles. The Bertz CT molecular complexity index is 1700. The zero-order valence-electron chi connectivity index (χ0n) is 24.7. The van der Waals surface area contributed by atoms with Gasteiger partial charge in [0, 0.05) is 28.5 Å². The molecule has 7 nitrogen and oxygen atoms in total. The average Bonchev–Trinajstić information content (AvgIpc) is 3.56. The minimum absolute atomic E-state index is 0.0416. The molecule has 0 spiro atoms. The van der Waals surface area contributed by atoms with Gasteiger partial charge in [-0.1, -0.05) is 107 Å². The van der Waals surface area contributed by atoms with Gasteiger partial charge >= 0.3 is 0 Å². The second-order valence-electron chi connectivity index (χ2n) is 11.1. The van der Waals surface area contributed by atoms with Crippen LogP contribution in [0.3, 0.4) is 0 Å². The number of nitrogens with zero attached hydrogens (tertiary/aromatic N) is 2. The SMILES string of the molecule is O=C(NC1CCCC1)[C@H](Cc1ccccc1)N(Cc1ccc(Cl)cc1)C(=O)CN(c1cccc(Br)c1)S(=O)(=O)c1ccccc1. The van der Waals surface area contributed by atoms with E-state index in [0.29, 0.717) is 15.2 Å². The summed E-state index contributed by atoms with van der Waals surface area (Å²) in [5.41, 5.74) is 1.97. The molecule has 1 aliphatic carbocycles. The van der Waals surface area contributed by atoms with E-state index in [-0.39, 0.29) is 29.8 Å². The molecule has 2 amide bonds. The first-order valence-corrected chi connectivity index (χ1v) is 17.5. The summed E-state index contributed by atoms with van der Waals surface area (Å²) in [5.74, 6) is -0.764. The second kappa shape index (κ2) is 15.1. The van der Waals surface area contributed by atoms with Gasteiger partial charge in [-0.05, 0) is 66.4 Å². The molecule has 4 aromatic rings. The number of hydrogen-bond donors (Lipinski definition) is 1. The zero-order chi connectivity index (χ0) is 31.8. The maximum Gasteiger partial charge on any atom is 0.264 e. The first kappa shape index (κ1) is 32.7. The van der Waals surface area contributed by atoms with Crippen LogP contribution in [0.25, 0.3) is 0 Å². The summed E-state index contributed by atoms with van der Waals surface area (Å²) in [5, 5.41) is 3.73. The van der Waals surface area contributed by atoms with Gasteiger partial charge in [0.25, 0.3) is 10.0 Å². The first-order chi connectivity index (χ1) is 21.7. The lowest BCUT2D eigenvalue weighted by Gasteiger charge is -2.34. The monoisotopic (exact) mass is 707 g/mol. The molecule has 0 bridgehead atoms. The van der Waals surface area contributed by atoms with Crippen molar-refractivity contribution in [1.29, 1.82) is 0 Å². The van der Waals surface area contributed by atoms with Gasteiger partial charge in [-0.2, -0.15) is 0 Å². The van der Waals surface area contributed by atoms with Gasteiger partial charge in [-0.25, -0.2) is 8.42 Å². The maximum absolute atomic E-state index is 14.5. The van der Waals surface area contributed by atoms with Crippen LogP contribution in [0.1, 0.15) is 36.8 Å². The number of anilines is 1. The van der Waals surface area contributed by atoms with Crippen LogP contribution in [-0.4, -0.2) is 43.8 Å². The molecule has 4 aromatic carbocycles. The standard InChI is InChI=1S/C35H35BrClN3O4S/c36-28-12-9-15-31(23-28)40(45(43,44)32-16-5-2-6-17-32)25-34(41)39(24-27-18-20-29(37)21-19-27)33(22-26-10-3-1-4-11-26)35(42)38-30-13-7-8-14-30/h1-6,9-12,15-21,23,30,33H,7-8,13-14,22,24-25H2,(H,38,42)/t33-/m0/s1. The number of sulfonamides is 1. The molecule has 234 valence electrons. The number of amides is 2. The van der Waals surface area contributed by atoms with Crippen molar-refractivity contribution < 1.29 is 18.0 Å². The molecule has 45 heavy (non-hydrogen) atoms. The third-order valence-corrected chi connectivity index (χ3v) is 10.5. The van der Waals surface area contributed by atoms with Gasteiger partial charge in [0.2, 0.25) is 11.8 Å². The van der Waals surface area contributed by atoms with Crippen LogP contribution < -0.4 is 9.62 Å². The Morgan fingerprint density at radius 1 is 0.844 bits per heavy atom. The highest BCUT2D eigenvalue weighted by Crippen LogP contribution is 2.28. The molecule has 1 saturated carbocycles. The van der Waals surface area contributed by atoms with E-state index in [1.165, 1.54) is 17.0 Å². The Morgan fingerprint density at radius 3 is 2.13 bits per heavy atom. The van der Waals surface area contributed by atoms with Crippen LogP contribution in [0.5, 0.6) is 0 Å². The molecule has 1 atom stereocenters. The van der Waals surface area contributed by atoms with Gasteiger partial charge in [0.1, 0.15) is 12.6 Å². The third-order valence-electron chi connectivity index (χ3n) is 7.95. The van der Waals surface area contributed by atoms with Crippen molar-refractivity contribution >= 4 is 55.1 Å². The van der Waals surface area contributed by atoms with E-state index in [0.717, 1.165) is 41.1 Å². The van der Waals surface area contributed by atoms with Crippen LogP contribution in [-0.2, 0) is 32.6 Å². The second-order valence-corrected chi connectivity index (χ2v) is 14.4. The molecule has 1 fully saturated rings. The molecule has 5 rings (SSSR count). The smallest absolute Gasteiger partial charge is 0.264 e. The lowest BCUT2D eigenvalue weighted by Crippen LogP contribution is -2.54. The Morgan fingerprint density at radius 2 is 1.49 bits per heavy atom. The quantitative estimate of drug-likeness (QED) is 0.172. The molecule has 0 heterocycles. The van der Waals surface area contributed by atoms with Crippen molar-refractivity contribution in [2.24, 2.45) is 0 Å². The highest BCUT2D eigenvalue weighted by Gasteiger charge is 2.35. The first-order valence-electron chi connectivity index (χ1n) is 14.9. The van der Waals surface area contributed by atoms with E-state index in [1.54, 1.807) is 54.6 Å². The fraction of sp³-hybridized carbons (Fsp3) is 0.257. The molecule has 1 N–H and O–H groups in total. The number of hydrogen-bond acceptors (Lipinski definition) is 4. The summed E-state index contributed by atoms with van der Waals surface area (Å²) in [6.07, 6.45) is 4.13. The van der Waals surface area contributed by atoms with Crippen molar-refractivity contribution in [2.45, 2.75) is 55.6 Å². The highest BCUT2D eigenvalue weighted by molar-refractivity contribution is 9.10. The van der Waals surface area contributed by atoms with Gasteiger partial charge in [0.05, 0.1) is 10.6 Å². The summed E-state index contributed by atoms with van der Waals surface area (Å²) in [6, 6.07) is 30.6. The van der Waals surface area contributed by atoms with Crippen LogP contribution in [0.2, 0.25) is 5.02 Å². The van der Waals surface area contributed by atoms with Crippen molar-refractivity contribution in [2.75, 3.05) is 10.8 Å². The molecule has 1 aliphatic rings. The van der Waals surface area contributed by atoms with E-state index in [4.69, 9.17) is 11.6 Å². The fourth-order valence-corrected chi connectivity index (χ4v) is 7.53. The number of carbonyl (C=O) groups is 2. The van der Waals surface area contributed by atoms with E-state index >= 15 is 0 Å². The number of benzene rings is 4. The lowest BCUT2D eigenvalue weighted by atomic mass is 10.0. The highest BCUT2D eigenvalue weighted by atomic mass is 79.9. The van der Waals surface area contributed by atoms with E-state index in [2.05, 4.69) is 21.2 Å². The van der Waals surface area contributed by atoms with Gasteiger partial charge in [-0.3, -0.25) is 13.9 Å². The Balaban J connectivity index is 1.56. The van der Waals surface area contributed by atoms with E-state index in [1.807, 2.05) is 42.5 Å². The average molecular weight is 709 g/mol. The van der Waals surface area contributed by atoms with E-state index < -0.39 is 28.5 Å². The van der Waals surface area contributed by atoms with E-state index in [9.17, 15) is 18.0 Å². The Hall–Kier alpha value is -3.66. The lowest BCUT2D eigenvalue weighted by molar-refractivity contribution is -0.140. The molecule has 0 radical (unpaired) electrons. The molecular weight excluding hydrogens is 674 g/mol. The van der Waals surface area contributed by atoms with Gasteiger partial charge in [-0.15, -0.1) is 0 Å². The van der Waals surface area contributed by atoms with Crippen molar-refractivity contribution in [1.82, 2.24) is 10.2 Å². The van der Waals surface area contributed by atoms with Crippen molar-refractivity contribution in [3.05, 3.63) is 130 Å². The summed E-state index contributed by atoms with van der Waals surface area (Å²) < 4.78 is 29.9. The molecular formula is C35H35BrClN3O4S. The summed E-state index contributed by atoms with van der Waals surface area (Å²) in [7, 11) is -4.15. The summed E-state index contributed by atoms with van der Waals surface area (Å²) in [6.45, 7) is -0.424. The number of rotatable bonds is 12. The molecule has 0 unspecified atom stereocenters.